The summed E-state index contributed by atoms with van der Waals surface area (Å²) in [5.41, 5.74) is 2.16. The van der Waals surface area contributed by atoms with E-state index in [-0.39, 0.29) is 18.4 Å². The van der Waals surface area contributed by atoms with Crippen LogP contribution in [0.3, 0.4) is 0 Å². The number of alkyl carbamates (subject to hydrolysis) is 1. The number of hydrogen-bond donors (Lipinski definition) is 2. The van der Waals surface area contributed by atoms with Gasteiger partial charge in [0.15, 0.2) is 0 Å². The minimum atomic E-state index is -0.761. The van der Waals surface area contributed by atoms with E-state index in [0.717, 1.165) is 29.5 Å². The fourth-order valence-corrected chi connectivity index (χ4v) is 3.33. The lowest BCUT2D eigenvalue weighted by Crippen LogP contribution is -2.48. The van der Waals surface area contributed by atoms with Gasteiger partial charge < -0.3 is 20.3 Å². The molecule has 31 heavy (non-hydrogen) atoms. The number of hydrogen-bond acceptors (Lipinski definition) is 4. The third-order valence-electron chi connectivity index (χ3n) is 4.52. The van der Waals surface area contributed by atoms with Gasteiger partial charge in [0.25, 0.3) is 0 Å². The zero-order chi connectivity index (χ0) is 23.6. The number of benzene rings is 1. The Hall–Kier alpha value is -2.57. The van der Waals surface area contributed by atoms with Crippen molar-refractivity contribution < 1.29 is 19.1 Å². The van der Waals surface area contributed by atoms with Crippen molar-refractivity contribution in [2.45, 2.75) is 79.4 Å². The van der Waals surface area contributed by atoms with Crippen LogP contribution < -0.4 is 10.6 Å². The molecule has 0 aliphatic rings. The van der Waals surface area contributed by atoms with Crippen molar-refractivity contribution in [2.24, 2.45) is 0 Å². The topological polar surface area (TPSA) is 87.7 Å². The number of amides is 3. The summed E-state index contributed by atoms with van der Waals surface area (Å²) in [6.45, 7) is 13.9. The van der Waals surface area contributed by atoms with Gasteiger partial charge in [0.2, 0.25) is 11.8 Å². The maximum Gasteiger partial charge on any atom is 0.408 e. The summed E-state index contributed by atoms with van der Waals surface area (Å²) in [5.74, 6) is -0.542. The lowest BCUT2D eigenvalue weighted by molar-refractivity contribution is -0.140. The van der Waals surface area contributed by atoms with E-state index in [4.69, 9.17) is 4.74 Å². The van der Waals surface area contributed by atoms with Crippen molar-refractivity contribution in [1.82, 2.24) is 15.5 Å². The van der Waals surface area contributed by atoms with Crippen LogP contribution in [0.4, 0.5) is 4.79 Å². The lowest BCUT2D eigenvalue weighted by atomic mass is 9.99. The van der Waals surface area contributed by atoms with Gasteiger partial charge in [-0.05, 0) is 53.0 Å². The SMILES string of the molecule is CCCCNC(=O)C(c1cc(C)cc(C)c1)N(CCC)C(=O)CNC(=O)OC(C)(C)C. The van der Waals surface area contributed by atoms with E-state index in [1.807, 2.05) is 39.0 Å². The summed E-state index contributed by atoms with van der Waals surface area (Å²) in [5, 5.41) is 5.48. The van der Waals surface area contributed by atoms with Crippen LogP contribution in [0.15, 0.2) is 18.2 Å². The van der Waals surface area contributed by atoms with Crippen LogP contribution in [0, 0.1) is 13.8 Å². The first kappa shape index (κ1) is 26.5. The van der Waals surface area contributed by atoms with Gasteiger partial charge in [0.1, 0.15) is 18.2 Å². The van der Waals surface area contributed by atoms with E-state index in [0.29, 0.717) is 19.5 Å². The normalized spacial score (nSPS) is 12.1. The Morgan fingerprint density at radius 1 is 1.00 bits per heavy atom. The number of nitrogens with zero attached hydrogens (tertiary/aromatic N) is 1. The first-order chi connectivity index (χ1) is 14.5. The first-order valence-electron chi connectivity index (χ1n) is 11.1. The maximum absolute atomic E-state index is 13.2. The van der Waals surface area contributed by atoms with E-state index in [9.17, 15) is 14.4 Å². The summed E-state index contributed by atoms with van der Waals surface area (Å²) in [4.78, 5) is 39.8. The van der Waals surface area contributed by atoms with Crippen LogP contribution in [0.5, 0.6) is 0 Å². The fraction of sp³-hybridized carbons (Fsp3) is 0.625. The molecule has 174 valence electrons. The zero-order valence-electron chi connectivity index (χ0n) is 20.1. The average molecular weight is 434 g/mol. The van der Waals surface area contributed by atoms with Gasteiger partial charge >= 0.3 is 6.09 Å². The highest BCUT2D eigenvalue weighted by Gasteiger charge is 2.31. The molecule has 1 rings (SSSR count). The molecular formula is C24H39N3O4. The third kappa shape index (κ3) is 9.40. The number of nitrogens with one attached hydrogen (secondary N) is 2. The Kier molecular flexibility index (Phi) is 10.5. The van der Waals surface area contributed by atoms with Crippen molar-refractivity contribution in [3.8, 4) is 0 Å². The van der Waals surface area contributed by atoms with Crippen molar-refractivity contribution in [3.63, 3.8) is 0 Å². The Bertz CT molecular complexity index is 735. The first-order valence-corrected chi connectivity index (χ1v) is 11.1. The molecule has 0 aliphatic carbocycles. The predicted molar refractivity (Wildman–Crippen MR) is 123 cm³/mol. The molecule has 0 saturated heterocycles. The van der Waals surface area contributed by atoms with Crippen molar-refractivity contribution in [3.05, 3.63) is 34.9 Å². The second kappa shape index (κ2) is 12.3. The van der Waals surface area contributed by atoms with E-state index < -0.39 is 17.7 Å². The van der Waals surface area contributed by atoms with Crippen LogP contribution in [0.1, 0.15) is 76.6 Å². The molecule has 1 unspecified atom stereocenters. The van der Waals surface area contributed by atoms with Crippen LogP contribution in [-0.4, -0.2) is 48.0 Å². The van der Waals surface area contributed by atoms with Crippen LogP contribution in [-0.2, 0) is 14.3 Å². The summed E-state index contributed by atoms with van der Waals surface area (Å²) in [6.07, 6.45) is 1.86. The molecule has 0 aromatic heterocycles. The molecule has 0 saturated carbocycles. The smallest absolute Gasteiger partial charge is 0.408 e. The minimum Gasteiger partial charge on any atom is -0.444 e. The van der Waals surface area contributed by atoms with Gasteiger partial charge in [-0.15, -0.1) is 0 Å². The predicted octanol–water partition coefficient (Wildman–Crippen LogP) is 4.02. The Morgan fingerprint density at radius 2 is 1.61 bits per heavy atom. The Labute approximate surface area is 186 Å². The number of carbonyl (C=O) groups excluding carboxylic acids is 3. The Morgan fingerprint density at radius 3 is 2.13 bits per heavy atom. The Balaban J connectivity index is 3.14. The molecule has 0 spiro atoms. The summed E-state index contributed by atoms with van der Waals surface area (Å²) < 4.78 is 5.22. The van der Waals surface area contributed by atoms with Crippen molar-refractivity contribution >= 4 is 17.9 Å². The van der Waals surface area contributed by atoms with Gasteiger partial charge in [-0.25, -0.2) is 4.79 Å². The quantitative estimate of drug-likeness (QED) is 0.546. The van der Waals surface area contributed by atoms with E-state index >= 15 is 0 Å². The number of unbranched alkanes of at least 4 members (excludes halogenated alkanes) is 1. The van der Waals surface area contributed by atoms with Crippen LogP contribution >= 0.6 is 0 Å². The largest absolute Gasteiger partial charge is 0.444 e. The highest BCUT2D eigenvalue weighted by molar-refractivity contribution is 5.90. The average Bonchev–Trinajstić information content (AvgIpc) is 2.64. The number of aryl methyl sites for hydroxylation is 2. The molecule has 0 radical (unpaired) electrons. The molecule has 2 N–H and O–H groups in total. The number of ether oxygens (including phenoxy) is 1. The van der Waals surface area contributed by atoms with Crippen molar-refractivity contribution in [1.29, 1.82) is 0 Å². The highest BCUT2D eigenvalue weighted by atomic mass is 16.6. The van der Waals surface area contributed by atoms with Gasteiger partial charge in [0, 0.05) is 13.1 Å². The fourth-order valence-electron chi connectivity index (χ4n) is 3.33. The number of rotatable bonds is 10. The second-order valence-corrected chi connectivity index (χ2v) is 8.91. The second-order valence-electron chi connectivity index (χ2n) is 8.91. The molecule has 1 atom stereocenters. The summed E-state index contributed by atoms with van der Waals surface area (Å²) >= 11 is 0. The number of carbonyl (C=O) groups is 3. The van der Waals surface area contributed by atoms with E-state index in [2.05, 4.69) is 17.6 Å². The van der Waals surface area contributed by atoms with E-state index in [1.54, 1.807) is 25.7 Å². The molecule has 3 amide bonds. The lowest BCUT2D eigenvalue weighted by Gasteiger charge is -2.32. The standard InChI is InChI=1S/C24H39N3O4/c1-8-10-11-25-22(29)21(19-14-17(3)13-18(4)15-19)27(12-9-2)20(28)16-26-23(30)31-24(5,6)7/h13-15,21H,8-12,16H2,1-7H3,(H,25,29)(H,26,30). The third-order valence-corrected chi connectivity index (χ3v) is 4.52. The summed E-state index contributed by atoms with van der Waals surface area (Å²) in [7, 11) is 0. The van der Waals surface area contributed by atoms with Gasteiger partial charge in [-0.2, -0.15) is 0 Å². The van der Waals surface area contributed by atoms with Crippen LogP contribution in [0.25, 0.3) is 0 Å². The molecule has 1 aromatic carbocycles. The molecule has 0 fully saturated rings. The van der Waals surface area contributed by atoms with Crippen LogP contribution in [0.2, 0.25) is 0 Å². The molecule has 0 aliphatic heterocycles. The van der Waals surface area contributed by atoms with Gasteiger partial charge in [-0.3, -0.25) is 9.59 Å². The van der Waals surface area contributed by atoms with E-state index in [1.165, 1.54) is 0 Å². The molecule has 7 heteroatoms. The van der Waals surface area contributed by atoms with Crippen molar-refractivity contribution in [2.75, 3.05) is 19.6 Å². The molecular weight excluding hydrogens is 394 g/mol. The monoisotopic (exact) mass is 433 g/mol. The molecule has 0 heterocycles. The zero-order valence-corrected chi connectivity index (χ0v) is 20.1. The summed E-state index contributed by atoms with van der Waals surface area (Å²) in [6, 6.07) is 5.15. The molecule has 0 bridgehead atoms. The van der Waals surface area contributed by atoms with Gasteiger partial charge in [-0.1, -0.05) is 49.6 Å². The molecule has 7 nitrogen and oxygen atoms in total. The highest BCUT2D eigenvalue weighted by Crippen LogP contribution is 2.24. The van der Waals surface area contributed by atoms with Gasteiger partial charge in [0.05, 0.1) is 0 Å². The minimum absolute atomic E-state index is 0.211. The maximum atomic E-state index is 13.2. The molecule has 1 aromatic rings.